The van der Waals surface area contributed by atoms with Gasteiger partial charge in [0.1, 0.15) is 5.75 Å². The summed E-state index contributed by atoms with van der Waals surface area (Å²) in [6, 6.07) is 11.1. The van der Waals surface area contributed by atoms with E-state index in [9.17, 15) is 9.90 Å². The SMILES string of the molecule is O=C(N=[N+]=Nc1ccc(Br)cc1)c1cc(Cl)ccc1O. The second-order valence-corrected chi connectivity index (χ2v) is 5.08. The fraction of sp³-hybridized carbons (Fsp3) is 0. The van der Waals surface area contributed by atoms with Crippen molar-refractivity contribution in [1.29, 1.82) is 0 Å². The lowest BCUT2D eigenvalue weighted by Crippen LogP contribution is -1.95. The summed E-state index contributed by atoms with van der Waals surface area (Å²) in [5, 5.41) is 17.0. The molecule has 7 heteroatoms. The molecule has 0 aliphatic rings. The zero-order valence-electron chi connectivity index (χ0n) is 9.99. The van der Waals surface area contributed by atoms with Crippen molar-refractivity contribution >= 4 is 39.1 Å². The summed E-state index contributed by atoms with van der Waals surface area (Å²) in [5.41, 5.74) is 0.535. The van der Waals surface area contributed by atoms with Gasteiger partial charge in [-0.25, -0.2) is 0 Å². The molecule has 5 nitrogen and oxygen atoms in total. The van der Waals surface area contributed by atoms with E-state index in [2.05, 4.69) is 31.1 Å². The number of hydrogen-bond acceptors (Lipinski definition) is 3. The van der Waals surface area contributed by atoms with Crippen LogP contribution >= 0.6 is 27.5 Å². The standard InChI is InChI=1S/C13H7BrClN3O2/c14-8-1-4-10(5-2-8)16-18-17-13(20)11-7-9(15)3-6-12(11)19/h1-7H/p+1. The Hall–Kier alpha value is -2.01. The average molecular weight is 354 g/mol. The van der Waals surface area contributed by atoms with E-state index in [4.69, 9.17) is 11.6 Å². The van der Waals surface area contributed by atoms with Gasteiger partial charge in [-0.1, -0.05) is 27.5 Å². The molecule has 1 amide bonds. The van der Waals surface area contributed by atoms with E-state index in [-0.39, 0.29) is 11.3 Å². The Morgan fingerprint density at radius 3 is 2.60 bits per heavy atom. The van der Waals surface area contributed by atoms with Crippen LogP contribution in [0.3, 0.4) is 0 Å². The number of benzene rings is 2. The van der Waals surface area contributed by atoms with Gasteiger partial charge < -0.3 is 5.11 Å². The first-order valence-corrected chi connectivity index (χ1v) is 6.63. The topological polar surface area (TPSA) is 76.1 Å². The Bertz CT molecular complexity index is 710. The van der Waals surface area contributed by atoms with Gasteiger partial charge in [-0.15, -0.1) is 0 Å². The summed E-state index contributed by atoms with van der Waals surface area (Å²) < 4.78 is 0.910. The molecule has 0 aromatic heterocycles. The molecule has 1 N–H and O–H groups in total. The lowest BCUT2D eigenvalue weighted by atomic mass is 10.2. The number of hydrogen-bond donors (Lipinski definition) is 1. The smallest absolute Gasteiger partial charge is 0.364 e. The molecule has 0 spiro atoms. The van der Waals surface area contributed by atoms with Gasteiger partial charge in [0.25, 0.3) is 0 Å². The normalized spacial score (nSPS) is 9.70. The maximum absolute atomic E-state index is 11.7. The van der Waals surface area contributed by atoms with Gasteiger partial charge in [0.2, 0.25) is 10.0 Å². The number of phenolic OH excluding ortho intramolecular Hbond substituents is 1. The highest BCUT2D eigenvalue weighted by Crippen LogP contribution is 2.22. The van der Waals surface area contributed by atoms with Gasteiger partial charge in [-0.2, -0.15) is 0 Å². The number of carbonyl (C=O) groups is 1. The molecule has 0 atom stereocenters. The minimum atomic E-state index is -0.717. The molecule has 100 valence electrons. The molecular weight excluding hydrogens is 346 g/mol. The number of nitrogens with zero attached hydrogens (tertiary/aromatic N) is 3. The Balaban J connectivity index is 2.20. The molecular formula is C13H8BrClN3O2+. The third-order valence-corrected chi connectivity index (χ3v) is 3.08. The molecule has 2 aromatic carbocycles. The second-order valence-electron chi connectivity index (χ2n) is 3.73. The van der Waals surface area contributed by atoms with Crippen LogP contribution in [0.4, 0.5) is 5.69 Å². The van der Waals surface area contributed by atoms with Crippen molar-refractivity contribution < 1.29 is 9.90 Å². The molecule has 0 heterocycles. The summed E-state index contributed by atoms with van der Waals surface area (Å²) in [6.07, 6.45) is 0. The maximum Gasteiger partial charge on any atom is 0.364 e. The highest BCUT2D eigenvalue weighted by atomic mass is 79.9. The van der Waals surface area contributed by atoms with Crippen molar-refractivity contribution in [3.8, 4) is 5.75 Å². The molecule has 0 aliphatic heterocycles. The van der Waals surface area contributed by atoms with E-state index >= 15 is 0 Å². The number of phenols is 1. The molecule has 2 rings (SSSR count). The quantitative estimate of drug-likeness (QED) is 0.647. The van der Waals surface area contributed by atoms with Crippen LogP contribution in [-0.2, 0) is 0 Å². The van der Waals surface area contributed by atoms with Gasteiger partial charge in [-0.3, -0.25) is 4.79 Å². The molecule has 20 heavy (non-hydrogen) atoms. The Kier molecular flexibility index (Phi) is 4.63. The summed E-state index contributed by atoms with van der Waals surface area (Å²) in [5.74, 6) is -0.923. The number of aromatic hydroxyl groups is 1. The number of rotatable bonds is 2. The van der Waals surface area contributed by atoms with E-state index in [1.54, 1.807) is 24.3 Å². The molecule has 0 saturated heterocycles. The van der Waals surface area contributed by atoms with Crippen molar-refractivity contribution in [2.24, 2.45) is 10.2 Å². The van der Waals surface area contributed by atoms with Crippen LogP contribution in [0.1, 0.15) is 10.4 Å². The van der Waals surface area contributed by atoms with Crippen LogP contribution in [0, 0.1) is 0 Å². The second kappa shape index (κ2) is 6.43. The summed E-state index contributed by atoms with van der Waals surface area (Å²) in [6.45, 7) is 0. The van der Waals surface area contributed by atoms with Gasteiger partial charge in [0.15, 0.2) is 10.8 Å². The molecule has 0 aliphatic carbocycles. The van der Waals surface area contributed by atoms with Crippen molar-refractivity contribution in [3.05, 3.63) is 57.5 Å². The Labute approximate surface area is 127 Å². The lowest BCUT2D eigenvalue weighted by Gasteiger charge is -1.96. The zero-order chi connectivity index (χ0) is 14.5. The fourth-order valence-electron chi connectivity index (χ4n) is 1.36. The third kappa shape index (κ3) is 3.74. The Morgan fingerprint density at radius 2 is 1.90 bits per heavy atom. The third-order valence-electron chi connectivity index (χ3n) is 2.31. The van der Waals surface area contributed by atoms with E-state index in [1.807, 2.05) is 0 Å². The van der Waals surface area contributed by atoms with Crippen LogP contribution in [-0.4, -0.2) is 11.0 Å². The zero-order valence-corrected chi connectivity index (χ0v) is 12.3. The number of halogens is 2. The van der Waals surface area contributed by atoms with Gasteiger partial charge in [0, 0.05) is 9.50 Å². The minimum Gasteiger partial charge on any atom is -0.507 e. The van der Waals surface area contributed by atoms with Crippen molar-refractivity contribution in [3.63, 3.8) is 0 Å². The highest BCUT2D eigenvalue weighted by molar-refractivity contribution is 9.10. The molecule has 0 unspecified atom stereocenters. The first-order valence-electron chi connectivity index (χ1n) is 5.46. The molecule has 0 bridgehead atoms. The fourth-order valence-corrected chi connectivity index (χ4v) is 1.79. The minimum absolute atomic E-state index is 0.0211. The largest absolute Gasteiger partial charge is 0.507 e. The van der Waals surface area contributed by atoms with Gasteiger partial charge in [0.05, 0.1) is 5.56 Å². The molecule has 0 saturated carbocycles. The van der Waals surface area contributed by atoms with Crippen LogP contribution < -0.4 is 4.91 Å². The lowest BCUT2D eigenvalue weighted by molar-refractivity contribution is 0.0990. The van der Waals surface area contributed by atoms with Crippen LogP contribution in [0.5, 0.6) is 5.75 Å². The highest BCUT2D eigenvalue weighted by Gasteiger charge is 2.15. The van der Waals surface area contributed by atoms with E-state index < -0.39 is 5.91 Å². The first-order chi connectivity index (χ1) is 9.56. The van der Waals surface area contributed by atoms with Crippen molar-refractivity contribution in [2.45, 2.75) is 0 Å². The predicted octanol–water partition coefficient (Wildman–Crippen LogP) is 4.25. The van der Waals surface area contributed by atoms with Crippen molar-refractivity contribution in [1.82, 2.24) is 4.91 Å². The van der Waals surface area contributed by atoms with Crippen molar-refractivity contribution in [2.75, 3.05) is 0 Å². The predicted molar refractivity (Wildman–Crippen MR) is 78.2 cm³/mol. The molecule has 0 radical (unpaired) electrons. The van der Waals surface area contributed by atoms with Gasteiger partial charge in [-0.05, 0) is 42.5 Å². The van der Waals surface area contributed by atoms with E-state index in [1.165, 1.54) is 18.2 Å². The van der Waals surface area contributed by atoms with Crippen LogP contribution in [0.15, 0.2) is 57.2 Å². The number of carbonyl (C=O) groups excluding carboxylic acids is 1. The summed E-state index contributed by atoms with van der Waals surface area (Å²) in [4.78, 5) is 15.2. The average Bonchev–Trinajstić information content (AvgIpc) is 2.43. The van der Waals surface area contributed by atoms with Gasteiger partial charge >= 0.3 is 5.91 Å². The molecule has 2 aromatic rings. The summed E-state index contributed by atoms with van der Waals surface area (Å²) in [7, 11) is 0. The number of amides is 1. The van der Waals surface area contributed by atoms with E-state index in [0.29, 0.717) is 10.7 Å². The first kappa shape index (κ1) is 14.4. The van der Waals surface area contributed by atoms with Crippen LogP contribution in [0.2, 0.25) is 5.02 Å². The Morgan fingerprint density at radius 1 is 1.20 bits per heavy atom. The van der Waals surface area contributed by atoms with E-state index in [0.717, 1.165) is 4.47 Å². The monoisotopic (exact) mass is 352 g/mol. The molecule has 0 fully saturated rings. The van der Waals surface area contributed by atoms with Crippen LogP contribution in [0.25, 0.3) is 0 Å². The summed E-state index contributed by atoms with van der Waals surface area (Å²) >= 11 is 9.03. The maximum atomic E-state index is 11.7.